The molecule has 0 aromatic carbocycles. The fourth-order valence-electron chi connectivity index (χ4n) is 1.31. The minimum Gasteiger partial charge on any atom is -0.393 e. The highest BCUT2D eigenvalue weighted by atomic mass is 32.1. The third-order valence-corrected chi connectivity index (χ3v) is 3.35. The van der Waals surface area contributed by atoms with Gasteiger partial charge in [-0.1, -0.05) is 39.9 Å². The molecule has 0 aliphatic heterocycles. The molecule has 0 radical (unpaired) electrons. The molecule has 4 heteroatoms. The SMILES string of the molecule is CC(CC(=O)NCCCCC(N)=S)C(C)(C)C. The number of nitrogens with one attached hydrogen (secondary N) is 1. The van der Waals surface area contributed by atoms with E-state index in [0.717, 1.165) is 25.8 Å². The van der Waals surface area contributed by atoms with Crippen LogP contribution in [-0.2, 0) is 4.79 Å². The molecule has 1 atom stereocenters. The van der Waals surface area contributed by atoms with Crippen molar-refractivity contribution in [3.63, 3.8) is 0 Å². The molecule has 0 aliphatic carbocycles. The number of carbonyl (C=O) groups is 1. The molecule has 0 rings (SSSR count). The number of rotatable bonds is 7. The highest BCUT2D eigenvalue weighted by Gasteiger charge is 2.22. The summed E-state index contributed by atoms with van der Waals surface area (Å²) < 4.78 is 0. The molecular formula is C13H26N2OS. The minimum absolute atomic E-state index is 0.141. The van der Waals surface area contributed by atoms with Gasteiger partial charge in [-0.3, -0.25) is 4.79 Å². The molecule has 0 fully saturated rings. The first-order valence-corrected chi connectivity index (χ1v) is 6.69. The lowest BCUT2D eigenvalue weighted by molar-refractivity contribution is -0.122. The van der Waals surface area contributed by atoms with Gasteiger partial charge in [-0.15, -0.1) is 0 Å². The number of carbonyl (C=O) groups excluding carboxylic acids is 1. The minimum atomic E-state index is 0.141. The molecule has 3 N–H and O–H groups in total. The van der Waals surface area contributed by atoms with Crippen LogP contribution in [0.2, 0.25) is 0 Å². The van der Waals surface area contributed by atoms with Crippen molar-refractivity contribution >= 4 is 23.1 Å². The van der Waals surface area contributed by atoms with E-state index in [-0.39, 0.29) is 11.3 Å². The van der Waals surface area contributed by atoms with Crippen molar-refractivity contribution in [2.45, 2.75) is 53.4 Å². The zero-order valence-electron chi connectivity index (χ0n) is 11.5. The Balaban J connectivity index is 3.64. The maximum atomic E-state index is 11.6. The standard InChI is InChI=1S/C13H26N2OS/c1-10(13(2,3)4)9-12(16)15-8-6-5-7-11(14)17/h10H,5-9H2,1-4H3,(H2,14,17)(H,15,16). The van der Waals surface area contributed by atoms with Crippen LogP contribution in [0.1, 0.15) is 53.4 Å². The average molecular weight is 258 g/mol. The normalized spacial score (nSPS) is 13.2. The third kappa shape index (κ3) is 9.10. The third-order valence-electron chi connectivity index (χ3n) is 3.14. The van der Waals surface area contributed by atoms with Crippen LogP contribution in [0.5, 0.6) is 0 Å². The van der Waals surface area contributed by atoms with E-state index in [1.807, 2.05) is 0 Å². The molecule has 1 unspecified atom stereocenters. The van der Waals surface area contributed by atoms with E-state index in [4.69, 9.17) is 18.0 Å². The predicted molar refractivity (Wildman–Crippen MR) is 76.9 cm³/mol. The van der Waals surface area contributed by atoms with Gasteiger partial charge in [-0.25, -0.2) is 0 Å². The number of unbranched alkanes of at least 4 members (excludes halogenated alkanes) is 1. The van der Waals surface area contributed by atoms with E-state index in [9.17, 15) is 4.79 Å². The molecule has 100 valence electrons. The molecule has 0 bridgehead atoms. The maximum absolute atomic E-state index is 11.6. The highest BCUT2D eigenvalue weighted by molar-refractivity contribution is 7.80. The zero-order valence-corrected chi connectivity index (χ0v) is 12.3. The van der Waals surface area contributed by atoms with E-state index >= 15 is 0 Å². The van der Waals surface area contributed by atoms with E-state index in [2.05, 4.69) is 33.0 Å². The number of hydrogen-bond donors (Lipinski definition) is 2. The Kier molecular flexibility index (Phi) is 7.35. The Bertz CT molecular complexity index is 259. The molecule has 0 saturated heterocycles. The van der Waals surface area contributed by atoms with Crippen molar-refractivity contribution < 1.29 is 4.79 Å². The van der Waals surface area contributed by atoms with Crippen molar-refractivity contribution in [2.75, 3.05) is 6.54 Å². The summed E-state index contributed by atoms with van der Waals surface area (Å²) in [6.07, 6.45) is 3.25. The average Bonchev–Trinajstić information content (AvgIpc) is 2.15. The first-order valence-electron chi connectivity index (χ1n) is 6.28. The summed E-state index contributed by atoms with van der Waals surface area (Å²) in [6, 6.07) is 0. The summed E-state index contributed by atoms with van der Waals surface area (Å²) in [7, 11) is 0. The molecule has 0 aliphatic rings. The molecule has 0 saturated carbocycles. The summed E-state index contributed by atoms with van der Waals surface area (Å²) in [4.78, 5) is 12.2. The second kappa shape index (κ2) is 7.64. The van der Waals surface area contributed by atoms with Crippen molar-refractivity contribution in [1.29, 1.82) is 0 Å². The van der Waals surface area contributed by atoms with Crippen LogP contribution in [0, 0.1) is 11.3 Å². The largest absolute Gasteiger partial charge is 0.393 e. The molecule has 0 aromatic heterocycles. The second-order valence-corrected chi connectivity index (χ2v) is 6.27. The zero-order chi connectivity index (χ0) is 13.5. The van der Waals surface area contributed by atoms with Crippen LogP contribution >= 0.6 is 12.2 Å². The highest BCUT2D eigenvalue weighted by Crippen LogP contribution is 2.27. The number of nitrogens with two attached hydrogens (primary N) is 1. The Morgan fingerprint density at radius 3 is 2.41 bits per heavy atom. The van der Waals surface area contributed by atoms with Gasteiger partial charge in [0, 0.05) is 13.0 Å². The van der Waals surface area contributed by atoms with Crippen LogP contribution in [0.15, 0.2) is 0 Å². The lowest BCUT2D eigenvalue weighted by Gasteiger charge is -2.26. The first kappa shape index (κ1) is 16.4. The van der Waals surface area contributed by atoms with E-state index in [0.29, 0.717) is 17.3 Å². The summed E-state index contributed by atoms with van der Waals surface area (Å²) in [5, 5.41) is 2.94. The Hall–Kier alpha value is -0.640. The molecule has 17 heavy (non-hydrogen) atoms. The van der Waals surface area contributed by atoms with Crippen molar-refractivity contribution in [2.24, 2.45) is 17.1 Å². The molecule has 0 spiro atoms. The molecule has 0 heterocycles. The van der Waals surface area contributed by atoms with Crippen molar-refractivity contribution in [3.8, 4) is 0 Å². The Labute approximate surface area is 111 Å². The van der Waals surface area contributed by atoms with E-state index in [1.165, 1.54) is 0 Å². The summed E-state index contributed by atoms with van der Waals surface area (Å²) in [5.41, 5.74) is 5.58. The fourth-order valence-corrected chi connectivity index (χ4v) is 1.45. The van der Waals surface area contributed by atoms with Crippen LogP contribution in [0.25, 0.3) is 0 Å². The van der Waals surface area contributed by atoms with Crippen LogP contribution in [-0.4, -0.2) is 17.4 Å². The van der Waals surface area contributed by atoms with Gasteiger partial charge in [0.2, 0.25) is 5.91 Å². The summed E-state index contributed by atoms with van der Waals surface area (Å²) >= 11 is 4.79. The summed E-state index contributed by atoms with van der Waals surface area (Å²) in [6.45, 7) is 9.32. The van der Waals surface area contributed by atoms with Crippen LogP contribution in [0.4, 0.5) is 0 Å². The van der Waals surface area contributed by atoms with Gasteiger partial charge < -0.3 is 11.1 Å². The van der Waals surface area contributed by atoms with Gasteiger partial charge in [0.15, 0.2) is 0 Å². The number of hydrogen-bond acceptors (Lipinski definition) is 2. The topological polar surface area (TPSA) is 55.1 Å². The molecular weight excluding hydrogens is 232 g/mol. The second-order valence-electron chi connectivity index (χ2n) is 5.74. The van der Waals surface area contributed by atoms with Crippen LogP contribution in [0.3, 0.4) is 0 Å². The lowest BCUT2D eigenvalue weighted by atomic mass is 9.80. The predicted octanol–water partition coefficient (Wildman–Crippen LogP) is 2.63. The number of amides is 1. The maximum Gasteiger partial charge on any atom is 0.220 e. The summed E-state index contributed by atoms with van der Waals surface area (Å²) in [5.74, 6) is 0.530. The molecule has 3 nitrogen and oxygen atoms in total. The van der Waals surface area contributed by atoms with Gasteiger partial charge >= 0.3 is 0 Å². The monoisotopic (exact) mass is 258 g/mol. The Morgan fingerprint density at radius 2 is 1.94 bits per heavy atom. The van der Waals surface area contributed by atoms with Gasteiger partial charge in [0.1, 0.15) is 0 Å². The molecule has 1 amide bonds. The van der Waals surface area contributed by atoms with Gasteiger partial charge in [-0.05, 0) is 30.6 Å². The van der Waals surface area contributed by atoms with Crippen LogP contribution < -0.4 is 11.1 Å². The van der Waals surface area contributed by atoms with Gasteiger partial charge in [0.25, 0.3) is 0 Å². The first-order chi connectivity index (χ1) is 7.73. The van der Waals surface area contributed by atoms with Gasteiger partial charge in [0.05, 0.1) is 4.99 Å². The number of thiocarbonyl (C=S) groups is 1. The quantitative estimate of drug-likeness (QED) is 0.545. The van der Waals surface area contributed by atoms with Crippen molar-refractivity contribution in [1.82, 2.24) is 5.32 Å². The van der Waals surface area contributed by atoms with E-state index < -0.39 is 0 Å². The molecule has 0 aromatic rings. The lowest BCUT2D eigenvalue weighted by Crippen LogP contribution is -2.29. The van der Waals surface area contributed by atoms with Crippen molar-refractivity contribution in [3.05, 3.63) is 0 Å². The van der Waals surface area contributed by atoms with E-state index in [1.54, 1.807) is 0 Å². The fraction of sp³-hybridized carbons (Fsp3) is 0.846. The Morgan fingerprint density at radius 1 is 1.35 bits per heavy atom. The smallest absolute Gasteiger partial charge is 0.220 e. The van der Waals surface area contributed by atoms with Gasteiger partial charge in [-0.2, -0.15) is 0 Å².